The molecule has 0 aromatic heterocycles. The Balaban J connectivity index is 2.33. The summed E-state index contributed by atoms with van der Waals surface area (Å²) in [5.74, 6) is 0. The lowest BCUT2D eigenvalue weighted by atomic mass is 9.84. The summed E-state index contributed by atoms with van der Waals surface area (Å²) in [7, 11) is 2.08. The first kappa shape index (κ1) is 13.4. The van der Waals surface area contributed by atoms with Crippen LogP contribution >= 0.6 is 0 Å². The van der Waals surface area contributed by atoms with Crippen molar-refractivity contribution >= 4 is 5.69 Å². The first-order valence-corrected chi connectivity index (χ1v) is 6.99. The summed E-state index contributed by atoms with van der Waals surface area (Å²) in [6.45, 7) is 10.2. The molecule has 0 saturated carbocycles. The number of hydrogen-bond acceptors (Lipinski definition) is 2. The minimum Gasteiger partial charge on any atom is -0.365 e. The van der Waals surface area contributed by atoms with Crippen LogP contribution in [0.2, 0.25) is 0 Å². The van der Waals surface area contributed by atoms with Gasteiger partial charge in [-0.2, -0.15) is 0 Å². The monoisotopic (exact) mass is 246 g/mol. The molecule has 1 atom stereocenters. The smallest absolute Gasteiger partial charge is 0.0498 e. The van der Waals surface area contributed by atoms with Crippen LogP contribution in [0.4, 0.5) is 5.69 Å². The van der Waals surface area contributed by atoms with Gasteiger partial charge in [-0.3, -0.25) is 0 Å². The summed E-state index contributed by atoms with van der Waals surface area (Å²) >= 11 is 0. The number of aryl methyl sites for hydroxylation is 2. The largest absolute Gasteiger partial charge is 0.365 e. The molecule has 18 heavy (non-hydrogen) atoms. The van der Waals surface area contributed by atoms with E-state index in [1.54, 1.807) is 0 Å². The van der Waals surface area contributed by atoms with Gasteiger partial charge >= 0.3 is 0 Å². The summed E-state index contributed by atoms with van der Waals surface area (Å²) in [5.41, 5.74) is 4.30. The van der Waals surface area contributed by atoms with E-state index in [2.05, 4.69) is 63.2 Å². The number of nitrogens with zero attached hydrogens (tertiary/aromatic N) is 1. The molecule has 1 unspecified atom stereocenters. The highest BCUT2D eigenvalue weighted by Gasteiger charge is 2.37. The Hall–Kier alpha value is -1.02. The molecule has 1 aliphatic rings. The Morgan fingerprint density at radius 2 is 1.94 bits per heavy atom. The van der Waals surface area contributed by atoms with Crippen molar-refractivity contribution < 1.29 is 0 Å². The number of anilines is 1. The van der Waals surface area contributed by atoms with Crippen LogP contribution in [0.25, 0.3) is 0 Å². The average Bonchev–Trinajstić information content (AvgIpc) is 2.32. The normalized spacial score (nSPS) is 23.2. The first-order chi connectivity index (χ1) is 8.46. The molecule has 0 spiro atoms. The number of likely N-dealkylation sites (N-methyl/N-ethyl adjacent to an activating group) is 1. The number of rotatable bonds is 2. The van der Waals surface area contributed by atoms with Gasteiger partial charge in [0.1, 0.15) is 0 Å². The fraction of sp³-hybridized carbons (Fsp3) is 0.625. The van der Waals surface area contributed by atoms with Crippen LogP contribution in [-0.4, -0.2) is 25.2 Å². The first-order valence-electron chi connectivity index (χ1n) is 6.99. The van der Waals surface area contributed by atoms with E-state index in [1.807, 2.05) is 0 Å². The van der Waals surface area contributed by atoms with E-state index in [1.165, 1.54) is 29.7 Å². The van der Waals surface area contributed by atoms with E-state index in [4.69, 9.17) is 0 Å². The van der Waals surface area contributed by atoms with Gasteiger partial charge in [-0.05, 0) is 70.8 Å². The lowest BCUT2D eigenvalue weighted by molar-refractivity contribution is 0.275. The molecule has 1 aliphatic heterocycles. The fourth-order valence-electron chi connectivity index (χ4n) is 3.14. The molecule has 0 bridgehead atoms. The highest BCUT2D eigenvalue weighted by atomic mass is 15.2. The van der Waals surface area contributed by atoms with Crippen molar-refractivity contribution in [2.75, 3.05) is 18.5 Å². The van der Waals surface area contributed by atoms with Gasteiger partial charge in [-0.25, -0.2) is 0 Å². The lowest BCUT2D eigenvalue weighted by Crippen LogP contribution is -2.60. The molecule has 1 N–H and O–H groups in total. The van der Waals surface area contributed by atoms with Crippen LogP contribution < -0.4 is 10.2 Å². The van der Waals surface area contributed by atoms with Crippen LogP contribution in [0.3, 0.4) is 0 Å². The zero-order valence-electron chi connectivity index (χ0n) is 12.4. The molecule has 0 amide bonds. The summed E-state index contributed by atoms with van der Waals surface area (Å²) in [5, 5.41) is 3.48. The molecule has 0 aliphatic carbocycles. The Bertz CT molecular complexity index is 423. The van der Waals surface area contributed by atoms with Crippen molar-refractivity contribution in [3.8, 4) is 0 Å². The van der Waals surface area contributed by atoms with Gasteiger partial charge in [-0.15, -0.1) is 0 Å². The average molecular weight is 246 g/mol. The second kappa shape index (κ2) is 4.93. The SMILES string of the molecule is CNC1CCCN(c2ccc(C)c(C)c2)C1(C)C. The molecule has 1 aromatic carbocycles. The van der Waals surface area contributed by atoms with Gasteiger partial charge in [0, 0.05) is 23.8 Å². The lowest BCUT2D eigenvalue weighted by Gasteiger charge is -2.49. The highest BCUT2D eigenvalue weighted by Crippen LogP contribution is 2.33. The Kier molecular flexibility index (Phi) is 3.67. The minimum atomic E-state index is 0.175. The van der Waals surface area contributed by atoms with Gasteiger partial charge in [0.25, 0.3) is 0 Å². The molecule has 2 nitrogen and oxygen atoms in total. The van der Waals surface area contributed by atoms with E-state index >= 15 is 0 Å². The number of nitrogens with one attached hydrogen (secondary N) is 1. The maximum atomic E-state index is 3.48. The summed E-state index contributed by atoms with van der Waals surface area (Å²) < 4.78 is 0. The van der Waals surface area contributed by atoms with E-state index in [9.17, 15) is 0 Å². The predicted octanol–water partition coefficient (Wildman–Crippen LogP) is 3.27. The van der Waals surface area contributed by atoms with Crippen molar-refractivity contribution in [1.82, 2.24) is 5.32 Å². The third-order valence-corrected chi connectivity index (χ3v) is 4.57. The molecule has 1 heterocycles. The summed E-state index contributed by atoms with van der Waals surface area (Å²) in [4.78, 5) is 2.56. The van der Waals surface area contributed by atoms with E-state index in [0.29, 0.717) is 6.04 Å². The molecule has 100 valence electrons. The van der Waals surface area contributed by atoms with Gasteiger partial charge in [0.05, 0.1) is 0 Å². The van der Waals surface area contributed by atoms with Gasteiger partial charge in [0.2, 0.25) is 0 Å². The van der Waals surface area contributed by atoms with Gasteiger partial charge < -0.3 is 10.2 Å². The third-order valence-electron chi connectivity index (χ3n) is 4.57. The van der Waals surface area contributed by atoms with Crippen molar-refractivity contribution in [2.24, 2.45) is 0 Å². The van der Waals surface area contributed by atoms with Gasteiger partial charge in [0.15, 0.2) is 0 Å². The predicted molar refractivity (Wildman–Crippen MR) is 79.4 cm³/mol. The topological polar surface area (TPSA) is 15.3 Å². The fourth-order valence-corrected chi connectivity index (χ4v) is 3.14. The minimum absolute atomic E-state index is 0.175. The van der Waals surface area contributed by atoms with Gasteiger partial charge in [-0.1, -0.05) is 6.07 Å². The second-order valence-corrected chi connectivity index (χ2v) is 6.06. The zero-order valence-corrected chi connectivity index (χ0v) is 12.4. The standard InChI is InChI=1S/C16H26N2/c1-12-8-9-14(11-13(12)2)18-10-6-7-15(17-5)16(18,3)4/h8-9,11,15,17H,6-7,10H2,1-5H3. The quantitative estimate of drug-likeness (QED) is 0.861. The molecule has 1 saturated heterocycles. The van der Waals surface area contributed by atoms with Crippen molar-refractivity contribution in [2.45, 2.75) is 52.1 Å². The van der Waals surface area contributed by atoms with E-state index in [0.717, 1.165) is 6.54 Å². The molecular weight excluding hydrogens is 220 g/mol. The second-order valence-electron chi connectivity index (χ2n) is 6.06. The molecule has 1 aromatic rings. The third kappa shape index (κ3) is 2.26. The number of hydrogen-bond donors (Lipinski definition) is 1. The van der Waals surface area contributed by atoms with Crippen LogP contribution in [0.5, 0.6) is 0 Å². The van der Waals surface area contributed by atoms with Crippen LogP contribution in [0.1, 0.15) is 37.8 Å². The van der Waals surface area contributed by atoms with E-state index in [-0.39, 0.29) is 5.54 Å². The zero-order chi connectivity index (χ0) is 13.3. The maximum Gasteiger partial charge on any atom is 0.0498 e. The Morgan fingerprint density at radius 1 is 1.22 bits per heavy atom. The maximum absolute atomic E-state index is 3.48. The molecular formula is C16H26N2. The van der Waals surface area contributed by atoms with Crippen LogP contribution in [0, 0.1) is 13.8 Å². The molecule has 1 fully saturated rings. The Labute approximate surface area is 111 Å². The highest BCUT2D eigenvalue weighted by molar-refractivity contribution is 5.53. The molecule has 0 radical (unpaired) electrons. The number of piperidine rings is 1. The van der Waals surface area contributed by atoms with Crippen molar-refractivity contribution in [3.63, 3.8) is 0 Å². The molecule has 2 rings (SSSR count). The number of benzene rings is 1. The van der Waals surface area contributed by atoms with Crippen molar-refractivity contribution in [3.05, 3.63) is 29.3 Å². The van der Waals surface area contributed by atoms with E-state index < -0.39 is 0 Å². The summed E-state index contributed by atoms with van der Waals surface area (Å²) in [6.07, 6.45) is 2.53. The Morgan fingerprint density at radius 3 is 2.56 bits per heavy atom. The molecule has 2 heteroatoms. The van der Waals surface area contributed by atoms with Crippen LogP contribution in [-0.2, 0) is 0 Å². The summed E-state index contributed by atoms with van der Waals surface area (Å²) in [6, 6.07) is 7.40. The van der Waals surface area contributed by atoms with Crippen molar-refractivity contribution in [1.29, 1.82) is 0 Å². The van der Waals surface area contributed by atoms with Crippen LogP contribution in [0.15, 0.2) is 18.2 Å².